The molecule has 21 heavy (non-hydrogen) atoms. The summed E-state index contributed by atoms with van der Waals surface area (Å²) in [4.78, 5) is 21.7. The average Bonchev–Trinajstić information content (AvgIpc) is 2.46. The predicted molar refractivity (Wildman–Crippen MR) is 82.5 cm³/mol. The Morgan fingerprint density at radius 2 is 1.81 bits per heavy atom. The lowest BCUT2D eigenvalue weighted by molar-refractivity contribution is -0.143. The molecule has 0 amide bonds. The summed E-state index contributed by atoms with van der Waals surface area (Å²) < 4.78 is 12.4. The Labute approximate surface area is 125 Å². The quantitative estimate of drug-likeness (QED) is 0.785. The number of hydrogen-bond donors (Lipinski definition) is 2. The van der Waals surface area contributed by atoms with E-state index in [2.05, 4.69) is 0 Å². The fourth-order valence-corrected chi connectivity index (χ4v) is 5.19. The van der Waals surface area contributed by atoms with Crippen molar-refractivity contribution in [1.82, 2.24) is 0 Å². The van der Waals surface area contributed by atoms with E-state index in [9.17, 15) is 19.4 Å². The molecule has 116 valence electrons. The first-order chi connectivity index (χ1) is 9.98. The van der Waals surface area contributed by atoms with Crippen LogP contribution in [0.4, 0.5) is 0 Å². The van der Waals surface area contributed by atoms with Gasteiger partial charge in [0.2, 0.25) is 7.37 Å². The zero-order valence-electron chi connectivity index (χ0n) is 12.1. The molecule has 0 aliphatic heterocycles. The van der Waals surface area contributed by atoms with Crippen LogP contribution in [0.15, 0.2) is 30.3 Å². The summed E-state index contributed by atoms with van der Waals surface area (Å²) in [7, 11) is -3.47. The Bertz CT molecular complexity index is 508. The molecule has 2 rings (SSSR count). The van der Waals surface area contributed by atoms with E-state index >= 15 is 0 Å². The minimum atomic E-state index is -3.47. The maximum Gasteiger partial charge on any atom is 0.307 e. The Balaban J connectivity index is 2.04. The van der Waals surface area contributed by atoms with Gasteiger partial charge in [0.05, 0.1) is 5.92 Å². The van der Waals surface area contributed by atoms with Crippen molar-refractivity contribution in [3.05, 3.63) is 35.9 Å². The van der Waals surface area contributed by atoms with Crippen molar-refractivity contribution >= 4 is 13.3 Å². The molecular formula is C16H23O4P. The first-order valence-electron chi connectivity index (χ1n) is 7.55. The second kappa shape index (κ2) is 7.24. The van der Waals surface area contributed by atoms with Crippen molar-refractivity contribution in [3.8, 4) is 0 Å². The highest BCUT2D eigenvalue weighted by Gasteiger charge is 2.35. The summed E-state index contributed by atoms with van der Waals surface area (Å²) in [6.07, 6.45) is 4.88. The molecule has 1 fully saturated rings. The van der Waals surface area contributed by atoms with E-state index in [0.29, 0.717) is 0 Å². The van der Waals surface area contributed by atoms with E-state index in [1.165, 1.54) is 0 Å². The summed E-state index contributed by atoms with van der Waals surface area (Å²) >= 11 is 0. The fourth-order valence-electron chi connectivity index (χ4n) is 3.21. The molecule has 0 radical (unpaired) electrons. The van der Waals surface area contributed by atoms with Crippen LogP contribution in [0.5, 0.6) is 0 Å². The van der Waals surface area contributed by atoms with Crippen molar-refractivity contribution in [2.45, 2.75) is 38.3 Å². The van der Waals surface area contributed by atoms with E-state index in [4.69, 9.17) is 0 Å². The van der Waals surface area contributed by atoms with Gasteiger partial charge >= 0.3 is 5.97 Å². The summed E-state index contributed by atoms with van der Waals surface area (Å²) in [6, 6.07) is 9.11. The third-order valence-corrected chi connectivity index (χ3v) is 6.11. The molecule has 0 aromatic heterocycles. The lowest BCUT2D eigenvalue weighted by atomic mass is 9.81. The van der Waals surface area contributed by atoms with E-state index in [1.54, 1.807) is 12.1 Å². The molecule has 0 saturated heterocycles. The SMILES string of the molecule is O=C(O)C(CP(=O)(O)Cc1ccccc1)C1CCCCC1. The van der Waals surface area contributed by atoms with Gasteiger partial charge in [-0.2, -0.15) is 0 Å². The van der Waals surface area contributed by atoms with Gasteiger partial charge in [0.15, 0.2) is 0 Å². The first-order valence-corrected chi connectivity index (χ1v) is 9.58. The average molecular weight is 310 g/mol. The Kier molecular flexibility index (Phi) is 5.60. The van der Waals surface area contributed by atoms with Crippen LogP contribution in [0.2, 0.25) is 0 Å². The molecule has 2 N–H and O–H groups in total. The first kappa shape index (κ1) is 16.3. The fraction of sp³-hybridized carbons (Fsp3) is 0.562. The summed E-state index contributed by atoms with van der Waals surface area (Å²) in [6.45, 7) is 0. The molecule has 5 heteroatoms. The van der Waals surface area contributed by atoms with Gasteiger partial charge in [-0.15, -0.1) is 0 Å². The van der Waals surface area contributed by atoms with Crippen molar-refractivity contribution < 1.29 is 19.4 Å². The minimum Gasteiger partial charge on any atom is -0.481 e. The summed E-state index contributed by atoms with van der Waals surface area (Å²) in [5, 5.41) is 9.42. The van der Waals surface area contributed by atoms with Gasteiger partial charge in [0.1, 0.15) is 0 Å². The highest BCUT2D eigenvalue weighted by Crippen LogP contribution is 2.48. The van der Waals surface area contributed by atoms with Gasteiger partial charge in [0.25, 0.3) is 0 Å². The van der Waals surface area contributed by atoms with Gasteiger partial charge in [-0.05, 0) is 24.3 Å². The molecule has 0 bridgehead atoms. The maximum absolute atomic E-state index is 12.4. The molecule has 2 unspecified atom stereocenters. The summed E-state index contributed by atoms with van der Waals surface area (Å²) in [5.41, 5.74) is 0.788. The van der Waals surface area contributed by atoms with Crippen molar-refractivity contribution in [2.75, 3.05) is 6.16 Å². The Morgan fingerprint density at radius 1 is 1.19 bits per heavy atom. The van der Waals surface area contributed by atoms with E-state index in [1.807, 2.05) is 18.2 Å². The molecule has 4 nitrogen and oxygen atoms in total. The molecule has 0 spiro atoms. The molecule has 0 heterocycles. The van der Waals surface area contributed by atoms with Crippen molar-refractivity contribution in [3.63, 3.8) is 0 Å². The zero-order valence-corrected chi connectivity index (χ0v) is 13.0. The molecule has 1 saturated carbocycles. The monoisotopic (exact) mass is 310 g/mol. The van der Waals surface area contributed by atoms with E-state index in [0.717, 1.165) is 37.7 Å². The van der Waals surface area contributed by atoms with Crippen LogP contribution in [-0.4, -0.2) is 22.1 Å². The smallest absolute Gasteiger partial charge is 0.307 e. The lowest BCUT2D eigenvalue weighted by Crippen LogP contribution is -2.28. The van der Waals surface area contributed by atoms with Crippen LogP contribution >= 0.6 is 7.37 Å². The molecular weight excluding hydrogens is 287 g/mol. The highest BCUT2D eigenvalue weighted by atomic mass is 31.2. The molecule has 2 atom stereocenters. The highest BCUT2D eigenvalue weighted by molar-refractivity contribution is 7.57. The Hall–Kier alpha value is -1.12. The van der Waals surface area contributed by atoms with Crippen LogP contribution in [-0.2, 0) is 15.5 Å². The number of aliphatic carboxylic acids is 1. The van der Waals surface area contributed by atoms with Crippen LogP contribution in [0.25, 0.3) is 0 Å². The standard InChI is InChI=1S/C16H23O4P/c17-16(18)15(14-9-5-2-6-10-14)12-21(19,20)11-13-7-3-1-4-8-13/h1,3-4,7-8,14-15H,2,5-6,9-12H2,(H,17,18)(H,19,20). The Morgan fingerprint density at radius 3 is 2.38 bits per heavy atom. The third kappa shape index (κ3) is 4.98. The second-order valence-electron chi connectivity index (χ2n) is 6.02. The van der Waals surface area contributed by atoms with Crippen LogP contribution in [0.3, 0.4) is 0 Å². The summed E-state index contributed by atoms with van der Waals surface area (Å²) in [5.74, 6) is -1.57. The second-order valence-corrected chi connectivity index (χ2v) is 8.39. The zero-order chi connectivity index (χ0) is 15.3. The van der Waals surface area contributed by atoms with Crippen LogP contribution in [0, 0.1) is 11.8 Å². The van der Waals surface area contributed by atoms with Gasteiger partial charge < -0.3 is 10.00 Å². The predicted octanol–water partition coefficient (Wildman–Crippen LogP) is 3.74. The van der Waals surface area contributed by atoms with Gasteiger partial charge in [-0.25, -0.2) is 0 Å². The number of hydrogen-bond acceptors (Lipinski definition) is 2. The van der Waals surface area contributed by atoms with Crippen LogP contribution < -0.4 is 0 Å². The number of rotatable bonds is 6. The minimum absolute atomic E-state index is 0.0486. The van der Waals surface area contributed by atoms with E-state index < -0.39 is 19.3 Å². The topological polar surface area (TPSA) is 74.6 Å². The van der Waals surface area contributed by atoms with Gasteiger partial charge in [0, 0.05) is 12.3 Å². The lowest BCUT2D eigenvalue weighted by Gasteiger charge is -2.28. The largest absolute Gasteiger partial charge is 0.481 e. The normalized spacial score (nSPS) is 20.6. The number of carboxylic acids is 1. The molecule has 1 aliphatic carbocycles. The van der Waals surface area contributed by atoms with Crippen LogP contribution in [0.1, 0.15) is 37.7 Å². The number of carboxylic acid groups (broad SMARTS) is 1. The number of carbonyl (C=O) groups is 1. The molecule has 1 aliphatic rings. The number of benzene rings is 1. The molecule has 1 aromatic rings. The van der Waals surface area contributed by atoms with Gasteiger partial charge in [-0.3, -0.25) is 9.36 Å². The van der Waals surface area contributed by atoms with Crippen molar-refractivity contribution in [2.24, 2.45) is 11.8 Å². The molecule has 1 aromatic carbocycles. The third-order valence-electron chi connectivity index (χ3n) is 4.29. The van der Waals surface area contributed by atoms with Gasteiger partial charge in [-0.1, -0.05) is 49.6 Å². The van der Waals surface area contributed by atoms with E-state index in [-0.39, 0.29) is 18.2 Å². The maximum atomic E-state index is 12.4. The van der Waals surface area contributed by atoms with Crippen molar-refractivity contribution in [1.29, 1.82) is 0 Å².